The predicted molar refractivity (Wildman–Crippen MR) is 76.9 cm³/mol. The summed E-state index contributed by atoms with van der Waals surface area (Å²) in [4.78, 5) is 11.7. The Morgan fingerprint density at radius 3 is 2.52 bits per heavy atom. The lowest BCUT2D eigenvalue weighted by molar-refractivity contribution is 0.102. The molecule has 5 nitrogen and oxygen atoms in total. The molecule has 0 fully saturated rings. The third-order valence-corrected chi connectivity index (χ3v) is 3.71. The molecule has 0 saturated heterocycles. The zero-order valence-electron chi connectivity index (χ0n) is 11.1. The Bertz CT molecular complexity index is 804. The number of primary sulfonamides is 1. The van der Waals surface area contributed by atoms with Crippen LogP contribution in [0.1, 0.15) is 15.9 Å². The first-order valence-electron chi connectivity index (χ1n) is 5.98. The minimum atomic E-state index is -3.97. The molecule has 2 rings (SSSR count). The summed E-state index contributed by atoms with van der Waals surface area (Å²) < 4.78 is 36.1. The van der Waals surface area contributed by atoms with E-state index in [-0.39, 0.29) is 10.6 Å². The molecule has 0 radical (unpaired) electrons. The summed E-state index contributed by atoms with van der Waals surface area (Å²) in [5.41, 5.74) is 0.977. The lowest BCUT2D eigenvalue weighted by atomic mass is 10.1. The number of nitrogens with one attached hydrogen (secondary N) is 1. The third kappa shape index (κ3) is 3.65. The molecule has 0 bridgehead atoms. The van der Waals surface area contributed by atoms with E-state index in [1.165, 1.54) is 0 Å². The van der Waals surface area contributed by atoms with Gasteiger partial charge in [-0.1, -0.05) is 17.7 Å². The summed E-state index contributed by atoms with van der Waals surface area (Å²) in [6.07, 6.45) is 0. The first-order chi connectivity index (χ1) is 9.77. The van der Waals surface area contributed by atoms with Gasteiger partial charge < -0.3 is 5.32 Å². The van der Waals surface area contributed by atoms with Crippen molar-refractivity contribution in [3.05, 3.63) is 59.4 Å². The van der Waals surface area contributed by atoms with Crippen molar-refractivity contribution in [3.63, 3.8) is 0 Å². The van der Waals surface area contributed by atoms with Gasteiger partial charge >= 0.3 is 0 Å². The second-order valence-electron chi connectivity index (χ2n) is 4.51. The zero-order valence-corrected chi connectivity index (χ0v) is 11.9. The predicted octanol–water partition coefficient (Wildman–Crippen LogP) is 2.03. The first-order valence-corrected chi connectivity index (χ1v) is 7.52. The third-order valence-electron chi connectivity index (χ3n) is 2.79. The summed E-state index contributed by atoms with van der Waals surface area (Å²) in [6, 6.07) is 9.68. The SMILES string of the molecule is Cc1cccc(C(=O)Nc2cc(S(N)(=O)=O)ccc2F)c1. The van der Waals surface area contributed by atoms with Gasteiger partial charge in [0.15, 0.2) is 0 Å². The highest BCUT2D eigenvalue weighted by Crippen LogP contribution is 2.19. The van der Waals surface area contributed by atoms with Gasteiger partial charge in [0, 0.05) is 5.56 Å². The maximum atomic E-state index is 13.7. The van der Waals surface area contributed by atoms with Gasteiger partial charge in [-0.25, -0.2) is 17.9 Å². The number of nitrogens with two attached hydrogens (primary N) is 1. The Balaban J connectivity index is 2.33. The van der Waals surface area contributed by atoms with Crippen LogP contribution in [-0.2, 0) is 10.0 Å². The minimum absolute atomic E-state index is 0.243. The minimum Gasteiger partial charge on any atom is -0.319 e. The second kappa shape index (κ2) is 5.63. The molecule has 0 aliphatic heterocycles. The van der Waals surface area contributed by atoms with Crippen LogP contribution in [0.3, 0.4) is 0 Å². The van der Waals surface area contributed by atoms with Crippen molar-refractivity contribution in [2.45, 2.75) is 11.8 Å². The van der Waals surface area contributed by atoms with E-state index in [0.29, 0.717) is 5.56 Å². The summed E-state index contributed by atoms with van der Waals surface area (Å²) in [7, 11) is -3.97. The Kier molecular flexibility index (Phi) is 4.06. The first kappa shape index (κ1) is 15.1. The fourth-order valence-electron chi connectivity index (χ4n) is 1.76. The molecule has 1 amide bonds. The standard InChI is InChI=1S/C14H13FN2O3S/c1-9-3-2-4-10(7-9)14(18)17-13-8-11(21(16,19)20)5-6-12(13)15/h2-8H,1H3,(H,17,18)(H2,16,19,20). The van der Waals surface area contributed by atoms with E-state index in [2.05, 4.69) is 5.32 Å². The molecule has 110 valence electrons. The van der Waals surface area contributed by atoms with Crippen molar-refractivity contribution in [1.29, 1.82) is 0 Å². The Hall–Kier alpha value is -2.25. The summed E-state index contributed by atoms with van der Waals surface area (Å²) in [5, 5.41) is 7.31. The Morgan fingerprint density at radius 2 is 1.90 bits per heavy atom. The number of hydrogen-bond donors (Lipinski definition) is 2. The molecule has 3 N–H and O–H groups in total. The normalized spacial score (nSPS) is 11.2. The van der Waals surface area contributed by atoms with Crippen molar-refractivity contribution >= 4 is 21.6 Å². The fraction of sp³-hybridized carbons (Fsp3) is 0.0714. The molecular formula is C14H13FN2O3S. The number of amides is 1. The van der Waals surface area contributed by atoms with E-state index in [0.717, 1.165) is 23.8 Å². The van der Waals surface area contributed by atoms with Crippen LogP contribution in [0.15, 0.2) is 47.4 Å². The number of hydrogen-bond acceptors (Lipinski definition) is 3. The molecule has 0 heterocycles. The average molecular weight is 308 g/mol. The summed E-state index contributed by atoms with van der Waals surface area (Å²) >= 11 is 0. The van der Waals surface area contributed by atoms with Crippen LogP contribution < -0.4 is 10.5 Å². The molecule has 0 saturated carbocycles. The fourth-order valence-corrected chi connectivity index (χ4v) is 2.30. The Labute approximate surface area is 121 Å². The molecular weight excluding hydrogens is 295 g/mol. The lowest BCUT2D eigenvalue weighted by Crippen LogP contribution is -2.16. The topological polar surface area (TPSA) is 89.3 Å². The van der Waals surface area contributed by atoms with Crippen LogP contribution in [0.25, 0.3) is 0 Å². The van der Waals surface area contributed by atoms with Crippen molar-refractivity contribution < 1.29 is 17.6 Å². The molecule has 0 aliphatic rings. The molecule has 0 aliphatic carbocycles. The number of anilines is 1. The van der Waals surface area contributed by atoms with Crippen LogP contribution in [-0.4, -0.2) is 14.3 Å². The number of rotatable bonds is 3. The van der Waals surface area contributed by atoms with Crippen LogP contribution >= 0.6 is 0 Å². The molecule has 2 aromatic carbocycles. The number of benzene rings is 2. The number of halogens is 1. The van der Waals surface area contributed by atoms with E-state index < -0.39 is 21.7 Å². The number of carbonyl (C=O) groups is 1. The van der Waals surface area contributed by atoms with E-state index in [1.807, 2.05) is 13.0 Å². The molecule has 0 atom stereocenters. The van der Waals surface area contributed by atoms with Gasteiger partial charge in [0.1, 0.15) is 5.82 Å². The van der Waals surface area contributed by atoms with E-state index in [4.69, 9.17) is 5.14 Å². The van der Waals surface area contributed by atoms with E-state index in [9.17, 15) is 17.6 Å². The molecule has 21 heavy (non-hydrogen) atoms. The molecule has 0 spiro atoms. The largest absolute Gasteiger partial charge is 0.319 e. The van der Waals surface area contributed by atoms with Crippen LogP contribution in [0, 0.1) is 12.7 Å². The van der Waals surface area contributed by atoms with Crippen molar-refractivity contribution in [2.75, 3.05) is 5.32 Å². The van der Waals surface area contributed by atoms with E-state index in [1.54, 1.807) is 18.2 Å². The quantitative estimate of drug-likeness (QED) is 0.909. The van der Waals surface area contributed by atoms with E-state index >= 15 is 0 Å². The molecule has 7 heteroatoms. The molecule has 2 aromatic rings. The van der Waals surface area contributed by atoms with Gasteiger partial charge in [0.05, 0.1) is 10.6 Å². The van der Waals surface area contributed by atoms with Crippen molar-refractivity contribution in [3.8, 4) is 0 Å². The van der Waals surface area contributed by atoms with Gasteiger partial charge in [-0.3, -0.25) is 4.79 Å². The van der Waals surface area contributed by atoms with Crippen LogP contribution in [0.4, 0.5) is 10.1 Å². The number of sulfonamides is 1. The van der Waals surface area contributed by atoms with Gasteiger partial charge in [0.2, 0.25) is 10.0 Å². The summed E-state index contributed by atoms with van der Waals surface area (Å²) in [5.74, 6) is -1.28. The summed E-state index contributed by atoms with van der Waals surface area (Å²) in [6.45, 7) is 1.82. The highest BCUT2D eigenvalue weighted by molar-refractivity contribution is 7.89. The van der Waals surface area contributed by atoms with Gasteiger partial charge in [-0.2, -0.15) is 0 Å². The Morgan fingerprint density at radius 1 is 1.19 bits per heavy atom. The average Bonchev–Trinajstić information content (AvgIpc) is 2.40. The maximum absolute atomic E-state index is 13.7. The van der Waals surface area contributed by atoms with Gasteiger partial charge in [-0.05, 0) is 37.3 Å². The zero-order chi connectivity index (χ0) is 15.6. The molecule has 0 unspecified atom stereocenters. The van der Waals surface area contributed by atoms with Gasteiger partial charge in [-0.15, -0.1) is 0 Å². The van der Waals surface area contributed by atoms with Crippen LogP contribution in [0.5, 0.6) is 0 Å². The van der Waals surface area contributed by atoms with Crippen LogP contribution in [0.2, 0.25) is 0 Å². The monoisotopic (exact) mass is 308 g/mol. The lowest BCUT2D eigenvalue weighted by Gasteiger charge is -2.08. The second-order valence-corrected chi connectivity index (χ2v) is 6.07. The van der Waals surface area contributed by atoms with Crippen molar-refractivity contribution in [2.24, 2.45) is 5.14 Å². The highest BCUT2D eigenvalue weighted by Gasteiger charge is 2.14. The smallest absolute Gasteiger partial charge is 0.255 e. The maximum Gasteiger partial charge on any atom is 0.255 e. The number of carbonyl (C=O) groups excluding carboxylic acids is 1. The van der Waals surface area contributed by atoms with Crippen molar-refractivity contribution in [1.82, 2.24) is 0 Å². The number of aryl methyl sites for hydroxylation is 1. The molecule has 0 aromatic heterocycles. The van der Waals surface area contributed by atoms with Gasteiger partial charge in [0.25, 0.3) is 5.91 Å². The highest BCUT2D eigenvalue weighted by atomic mass is 32.2.